The van der Waals surface area contributed by atoms with E-state index in [9.17, 15) is 19.5 Å². The Bertz CT molecular complexity index is 677. The van der Waals surface area contributed by atoms with Gasteiger partial charge in [-0.25, -0.2) is 9.59 Å². The molecule has 3 amide bonds. The van der Waals surface area contributed by atoms with Crippen molar-refractivity contribution in [3.8, 4) is 0 Å². The van der Waals surface area contributed by atoms with Gasteiger partial charge in [0, 0.05) is 26.2 Å². The zero-order chi connectivity index (χ0) is 20.7. The SMILES string of the molecule is CC(C)CNC(=O)N1CCCC(C(=O)N(Cc2ccccc2)C(C)C(=O)O)C1. The van der Waals surface area contributed by atoms with Crippen LogP contribution in [0.2, 0.25) is 0 Å². The van der Waals surface area contributed by atoms with Crippen LogP contribution in [0.3, 0.4) is 0 Å². The summed E-state index contributed by atoms with van der Waals surface area (Å²) in [6, 6.07) is 8.27. The van der Waals surface area contributed by atoms with Gasteiger partial charge >= 0.3 is 12.0 Å². The van der Waals surface area contributed by atoms with Crippen molar-refractivity contribution in [2.75, 3.05) is 19.6 Å². The van der Waals surface area contributed by atoms with Crippen molar-refractivity contribution >= 4 is 17.9 Å². The maximum atomic E-state index is 13.2. The Morgan fingerprint density at radius 3 is 2.50 bits per heavy atom. The minimum absolute atomic E-state index is 0.160. The standard InChI is InChI=1S/C21H31N3O4/c1-15(2)12-22-21(28)23-11-7-10-18(14-23)19(25)24(16(3)20(26)27)13-17-8-5-4-6-9-17/h4-6,8-9,15-16,18H,7,10-14H2,1-3H3,(H,22,28)(H,26,27). The summed E-state index contributed by atoms with van der Waals surface area (Å²) in [5.41, 5.74) is 0.881. The summed E-state index contributed by atoms with van der Waals surface area (Å²) < 4.78 is 0. The fraction of sp³-hybridized carbons (Fsp3) is 0.571. The summed E-state index contributed by atoms with van der Waals surface area (Å²) >= 11 is 0. The Balaban J connectivity index is 2.09. The number of carbonyl (C=O) groups is 3. The fourth-order valence-corrected chi connectivity index (χ4v) is 3.32. The van der Waals surface area contributed by atoms with Gasteiger partial charge in [0.25, 0.3) is 0 Å². The van der Waals surface area contributed by atoms with Crippen LogP contribution in [0.4, 0.5) is 4.79 Å². The van der Waals surface area contributed by atoms with E-state index in [0.717, 1.165) is 12.0 Å². The van der Waals surface area contributed by atoms with E-state index in [1.165, 1.54) is 11.8 Å². The smallest absolute Gasteiger partial charge is 0.326 e. The van der Waals surface area contributed by atoms with E-state index in [2.05, 4.69) is 5.32 Å². The third kappa shape index (κ3) is 5.97. The van der Waals surface area contributed by atoms with E-state index in [1.54, 1.807) is 4.90 Å². The summed E-state index contributed by atoms with van der Waals surface area (Å²) in [7, 11) is 0. The van der Waals surface area contributed by atoms with E-state index < -0.39 is 12.0 Å². The average molecular weight is 389 g/mol. The molecule has 2 atom stereocenters. The van der Waals surface area contributed by atoms with Crippen LogP contribution in [0.5, 0.6) is 0 Å². The molecule has 0 bridgehead atoms. The van der Waals surface area contributed by atoms with Gasteiger partial charge in [-0.1, -0.05) is 44.2 Å². The number of piperidine rings is 1. The number of aliphatic carboxylic acids is 1. The first kappa shape index (κ1) is 21.7. The largest absolute Gasteiger partial charge is 0.480 e. The minimum atomic E-state index is -1.04. The number of carboxylic acids is 1. The summed E-state index contributed by atoms with van der Waals surface area (Å²) in [6.07, 6.45) is 1.39. The number of hydrogen-bond donors (Lipinski definition) is 2. The molecule has 0 aliphatic carbocycles. The predicted molar refractivity (Wildman–Crippen MR) is 107 cm³/mol. The van der Waals surface area contributed by atoms with Crippen LogP contribution in [-0.2, 0) is 16.1 Å². The lowest BCUT2D eigenvalue weighted by molar-refractivity contribution is -0.152. The van der Waals surface area contributed by atoms with Gasteiger partial charge in [0.2, 0.25) is 5.91 Å². The monoisotopic (exact) mass is 389 g/mol. The lowest BCUT2D eigenvalue weighted by Gasteiger charge is -2.36. The summed E-state index contributed by atoms with van der Waals surface area (Å²) in [5, 5.41) is 12.4. The second kappa shape index (κ2) is 10.1. The number of amides is 3. The molecular formula is C21H31N3O4. The predicted octanol–water partition coefficient (Wildman–Crippen LogP) is 2.57. The molecule has 7 heteroatoms. The van der Waals surface area contributed by atoms with Crippen LogP contribution >= 0.6 is 0 Å². The lowest BCUT2D eigenvalue weighted by Crippen LogP contribution is -2.52. The Morgan fingerprint density at radius 2 is 1.89 bits per heavy atom. The van der Waals surface area contributed by atoms with Gasteiger partial charge in [-0.2, -0.15) is 0 Å². The molecule has 2 rings (SSSR count). The maximum Gasteiger partial charge on any atom is 0.326 e. The van der Waals surface area contributed by atoms with Crippen molar-refractivity contribution in [3.63, 3.8) is 0 Å². The molecule has 154 valence electrons. The van der Waals surface area contributed by atoms with Crippen LogP contribution in [0.25, 0.3) is 0 Å². The number of hydrogen-bond acceptors (Lipinski definition) is 3. The molecule has 2 N–H and O–H groups in total. The molecule has 0 aromatic heterocycles. The molecule has 0 saturated carbocycles. The van der Waals surface area contributed by atoms with Crippen molar-refractivity contribution in [2.24, 2.45) is 11.8 Å². The molecule has 0 radical (unpaired) electrons. The highest BCUT2D eigenvalue weighted by Crippen LogP contribution is 2.22. The molecule has 1 aromatic carbocycles. The highest BCUT2D eigenvalue weighted by atomic mass is 16.4. The number of benzene rings is 1. The second-order valence-electron chi connectivity index (χ2n) is 7.83. The molecule has 1 aliphatic rings. The van der Waals surface area contributed by atoms with E-state index in [1.807, 2.05) is 44.2 Å². The Hall–Kier alpha value is -2.57. The van der Waals surface area contributed by atoms with Gasteiger partial charge in [0.1, 0.15) is 6.04 Å². The average Bonchev–Trinajstić information content (AvgIpc) is 2.70. The molecule has 1 aromatic rings. The van der Waals surface area contributed by atoms with Crippen LogP contribution in [-0.4, -0.2) is 58.5 Å². The number of nitrogens with zero attached hydrogens (tertiary/aromatic N) is 2. The van der Waals surface area contributed by atoms with Crippen molar-refractivity contribution in [1.82, 2.24) is 15.1 Å². The van der Waals surface area contributed by atoms with Crippen molar-refractivity contribution in [1.29, 1.82) is 0 Å². The number of likely N-dealkylation sites (tertiary alicyclic amines) is 1. The quantitative estimate of drug-likeness (QED) is 0.750. The number of carbonyl (C=O) groups excluding carboxylic acids is 2. The van der Waals surface area contributed by atoms with E-state index >= 15 is 0 Å². The van der Waals surface area contributed by atoms with Crippen LogP contribution in [0.15, 0.2) is 30.3 Å². The van der Waals surface area contributed by atoms with Crippen LogP contribution < -0.4 is 5.32 Å². The lowest BCUT2D eigenvalue weighted by atomic mass is 9.95. The molecule has 1 fully saturated rings. The van der Waals surface area contributed by atoms with Crippen molar-refractivity contribution in [2.45, 2.75) is 46.2 Å². The molecule has 1 aliphatic heterocycles. The second-order valence-corrected chi connectivity index (χ2v) is 7.83. The van der Waals surface area contributed by atoms with Gasteiger partial charge in [-0.15, -0.1) is 0 Å². The van der Waals surface area contributed by atoms with Gasteiger partial charge in [-0.3, -0.25) is 4.79 Å². The zero-order valence-corrected chi connectivity index (χ0v) is 16.9. The number of urea groups is 1. The molecule has 2 unspecified atom stereocenters. The van der Waals surface area contributed by atoms with Gasteiger partial charge < -0.3 is 20.2 Å². The minimum Gasteiger partial charge on any atom is -0.480 e. The topological polar surface area (TPSA) is 90.0 Å². The molecule has 28 heavy (non-hydrogen) atoms. The first-order chi connectivity index (χ1) is 13.3. The first-order valence-corrected chi connectivity index (χ1v) is 9.89. The summed E-state index contributed by atoms with van der Waals surface area (Å²) in [4.78, 5) is 40.2. The summed E-state index contributed by atoms with van der Waals surface area (Å²) in [5.74, 6) is -1.28. The molecular weight excluding hydrogens is 358 g/mol. The van der Waals surface area contributed by atoms with Crippen molar-refractivity contribution < 1.29 is 19.5 Å². The highest BCUT2D eigenvalue weighted by molar-refractivity contribution is 5.85. The van der Waals surface area contributed by atoms with E-state index in [-0.39, 0.29) is 24.4 Å². The van der Waals surface area contributed by atoms with Crippen molar-refractivity contribution in [3.05, 3.63) is 35.9 Å². The Labute approximate surface area is 166 Å². The van der Waals surface area contributed by atoms with Crippen LogP contribution in [0, 0.1) is 11.8 Å². The Morgan fingerprint density at radius 1 is 1.21 bits per heavy atom. The van der Waals surface area contributed by atoms with E-state index in [4.69, 9.17) is 0 Å². The number of carboxylic acid groups (broad SMARTS) is 1. The van der Waals surface area contributed by atoms with E-state index in [0.29, 0.717) is 32.0 Å². The molecule has 7 nitrogen and oxygen atoms in total. The van der Waals surface area contributed by atoms with Crippen LogP contribution in [0.1, 0.15) is 39.2 Å². The normalized spacial score (nSPS) is 17.9. The first-order valence-electron chi connectivity index (χ1n) is 9.89. The van der Waals surface area contributed by atoms with Gasteiger partial charge in [0.15, 0.2) is 0 Å². The molecule has 0 spiro atoms. The Kier molecular flexibility index (Phi) is 7.84. The summed E-state index contributed by atoms with van der Waals surface area (Å²) in [6.45, 7) is 7.34. The zero-order valence-electron chi connectivity index (χ0n) is 16.9. The number of rotatable bonds is 7. The maximum absolute atomic E-state index is 13.2. The molecule has 1 saturated heterocycles. The third-order valence-corrected chi connectivity index (χ3v) is 5.02. The van der Waals surface area contributed by atoms with Gasteiger partial charge in [0.05, 0.1) is 5.92 Å². The fourth-order valence-electron chi connectivity index (χ4n) is 3.32. The highest BCUT2D eigenvalue weighted by Gasteiger charge is 2.34. The third-order valence-electron chi connectivity index (χ3n) is 5.02. The molecule has 1 heterocycles. The van der Waals surface area contributed by atoms with Gasteiger partial charge in [-0.05, 0) is 31.2 Å². The number of nitrogens with one attached hydrogen (secondary N) is 1.